The second-order valence-corrected chi connectivity index (χ2v) is 1.51. The van der Waals surface area contributed by atoms with Crippen molar-refractivity contribution >= 4 is 12.8 Å². The molecule has 0 unspecified atom stereocenters. The molecule has 1 rings (SSSR count). The zero-order chi connectivity index (χ0) is 5.98. The van der Waals surface area contributed by atoms with Gasteiger partial charge >= 0.3 is 12.8 Å². The van der Waals surface area contributed by atoms with Crippen LogP contribution < -0.4 is 0 Å². The fourth-order valence-corrected chi connectivity index (χ4v) is 0.491. The number of carbonyl (C=O) groups is 1. The van der Waals surface area contributed by atoms with Gasteiger partial charge in [0.05, 0.1) is 6.61 Å². The third-order valence-corrected chi connectivity index (χ3v) is 0.910. The van der Waals surface area contributed by atoms with Gasteiger partial charge in [0.15, 0.2) is 0 Å². The maximum absolute atomic E-state index is 9.89. The van der Waals surface area contributed by atoms with Crippen molar-refractivity contribution < 1.29 is 19.6 Å². The van der Waals surface area contributed by atoms with E-state index in [1.165, 1.54) is 0 Å². The van der Waals surface area contributed by atoms with E-state index in [1.807, 2.05) is 0 Å². The minimum atomic E-state index is -1.21. The second-order valence-electron chi connectivity index (χ2n) is 1.51. The Kier molecular flexibility index (Phi) is 1.50. The fourth-order valence-electron chi connectivity index (χ4n) is 0.491. The smallest absolute Gasteiger partial charge is 0.289 e. The summed E-state index contributed by atoms with van der Waals surface area (Å²) in [6, 6.07) is 0. The molecule has 4 nitrogen and oxygen atoms in total. The zero-order valence-corrected chi connectivity index (χ0v) is 4.12. The van der Waals surface area contributed by atoms with Crippen molar-refractivity contribution in [3.05, 3.63) is 0 Å². The van der Waals surface area contributed by atoms with Crippen LogP contribution in [-0.4, -0.2) is 19.4 Å². The van der Waals surface area contributed by atoms with Gasteiger partial charge < -0.3 is 0 Å². The van der Waals surface area contributed by atoms with Crippen LogP contribution in [0.2, 0.25) is 6.32 Å². The van der Waals surface area contributed by atoms with E-state index in [4.69, 9.17) is 0 Å². The third kappa shape index (κ3) is 0.990. The summed E-state index contributed by atoms with van der Waals surface area (Å²) in [5, 5.41) is 9.89. The summed E-state index contributed by atoms with van der Waals surface area (Å²) in [5.41, 5.74) is 0. The Morgan fingerprint density at radius 1 is 1.62 bits per heavy atom. The molecule has 5 heteroatoms. The first-order valence-corrected chi connectivity index (χ1v) is 2.30. The molecule has 0 N–H and O–H groups in total. The number of rotatable bonds is 1. The van der Waals surface area contributed by atoms with Crippen molar-refractivity contribution in [3.8, 4) is 0 Å². The average Bonchev–Trinajstić information content (AvgIpc) is 2.12. The Bertz CT molecular complexity index is 97.5. The fraction of sp³-hybridized carbons (Fsp3) is 0.667. The minimum Gasteiger partial charge on any atom is -0.289 e. The largest absolute Gasteiger partial charge is 0.474 e. The van der Waals surface area contributed by atoms with Crippen LogP contribution in [0.15, 0.2) is 0 Å². The third-order valence-electron chi connectivity index (χ3n) is 0.910. The predicted molar refractivity (Wildman–Crippen MR) is 23.7 cm³/mol. The van der Waals surface area contributed by atoms with Crippen LogP contribution in [0.1, 0.15) is 0 Å². The first-order valence-electron chi connectivity index (χ1n) is 2.30. The van der Waals surface area contributed by atoms with Crippen LogP contribution in [0.4, 0.5) is 4.79 Å². The van der Waals surface area contributed by atoms with Gasteiger partial charge in [-0.15, -0.1) is 0 Å². The molecular formula is C3H4BO4. The molecule has 0 aliphatic carbocycles. The van der Waals surface area contributed by atoms with E-state index in [1.54, 1.807) is 0 Å². The molecule has 1 radical (unpaired) electrons. The van der Waals surface area contributed by atoms with E-state index in [-0.39, 0.29) is 0 Å². The van der Waals surface area contributed by atoms with E-state index >= 15 is 0 Å². The van der Waals surface area contributed by atoms with Crippen LogP contribution in [0.3, 0.4) is 0 Å². The van der Waals surface area contributed by atoms with E-state index in [9.17, 15) is 9.90 Å². The van der Waals surface area contributed by atoms with Crippen molar-refractivity contribution in [2.45, 2.75) is 6.32 Å². The highest BCUT2D eigenvalue weighted by atomic mass is 17.2. The van der Waals surface area contributed by atoms with Gasteiger partial charge in [-0.05, 0) is 6.32 Å². The Morgan fingerprint density at radius 3 is 2.62 bits per heavy atom. The van der Waals surface area contributed by atoms with E-state index in [0.717, 1.165) is 0 Å². The minimum absolute atomic E-state index is 0.346. The molecular weight excluding hydrogens is 111 g/mol. The summed E-state index contributed by atoms with van der Waals surface area (Å²) in [7, 11) is 0. The SMILES string of the molecule is [O]C(=O)B1CCOO1. The topological polar surface area (TPSA) is 55.4 Å². The summed E-state index contributed by atoms with van der Waals surface area (Å²) < 4.78 is 0. The molecule has 0 aromatic carbocycles. The van der Waals surface area contributed by atoms with E-state index < -0.39 is 12.8 Å². The Labute approximate surface area is 46.4 Å². The normalized spacial score (nSPS) is 19.2. The summed E-state index contributed by atoms with van der Waals surface area (Å²) >= 11 is 0. The first-order chi connectivity index (χ1) is 3.80. The van der Waals surface area contributed by atoms with Crippen molar-refractivity contribution in [1.82, 2.24) is 0 Å². The van der Waals surface area contributed by atoms with Crippen molar-refractivity contribution in [2.75, 3.05) is 6.61 Å². The molecule has 0 atom stereocenters. The second kappa shape index (κ2) is 2.15. The summed E-state index contributed by atoms with van der Waals surface area (Å²) in [5.74, 6) is -1.21. The molecule has 1 saturated heterocycles. The zero-order valence-electron chi connectivity index (χ0n) is 4.12. The lowest BCUT2D eigenvalue weighted by Crippen LogP contribution is -2.20. The lowest BCUT2D eigenvalue weighted by atomic mass is 9.66. The van der Waals surface area contributed by atoms with E-state index in [0.29, 0.717) is 12.9 Å². The van der Waals surface area contributed by atoms with Crippen molar-refractivity contribution in [3.63, 3.8) is 0 Å². The van der Waals surface area contributed by atoms with E-state index in [2.05, 4.69) is 9.69 Å². The highest BCUT2D eigenvalue weighted by Gasteiger charge is 2.33. The molecule has 1 heterocycles. The summed E-state index contributed by atoms with van der Waals surface area (Å²) in [6.07, 6.45) is 0.391. The molecule has 8 heavy (non-hydrogen) atoms. The maximum Gasteiger partial charge on any atom is 0.474 e. The highest BCUT2D eigenvalue weighted by molar-refractivity contribution is 6.83. The molecule has 0 aromatic heterocycles. The molecule has 0 aromatic rings. The standard InChI is InChI=1S/C3H4BO4/c5-3(6)4-1-2-7-8-4/h1-2H2. The van der Waals surface area contributed by atoms with Crippen LogP contribution in [0.5, 0.6) is 0 Å². The van der Waals surface area contributed by atoms with Gasteiger partial charge in [0.2, 0.25) is 0 Å². The van der Waals surface area contributed by atoms with Crippen LogP contribution in [-0.2, 0) is 14.8 Å². The Morgan fingerprint density at radius 2 is 2.38 bits per heavy atom. The summed E-state index contributed by atoms with van der Waals surface area (Å²) in [6.45, 7) is -0.506. The lowest BCUT2D eigenvalue weighted by Gasteiger charge is -1.88. The van der Waals surface area contributed by atoms with Crippen molar-refractivity contribution in [1.29, 1.82) is 0 Å². The molecule has 1 fully saturated rings. The molecule has 0 spiro atoms. The monoisotopic (exact) mass is 115 g/mol. The van der Waals surface area contributed by atoms with Gasteiger partial charge in [-0.3, -0.25) is 19.6 Å². The van der Waals surface area contributed by atoms with Gasteiger partial charge in [0.1, 0.15) is 0 Å². The Hall–Kier alpha value is -0.545. The van der Waals surface area contributed by atoms with Crippen LogP contribution in [0.25, 0.3) is 0 Å². The molecule has 1 aliphatic rings. The van der Waals surface area contributed by atoms with Crippen LogP contribution in [0, 0.1) is 0 Å². The van der Waals surface area contributed by atoms with Gasteiger partial charge in [0, 0.05) is 0 Å². The molecule has 43 valence electrons. The van der Waals surface area contributed by atoms with Gasteiger partial charge in [-0.2, -0.15) is 0 Å². The number of hydrogen-bond donors (Lipinski definition) is 0. The summed E-state index contributed by atoms with van der Waals surface area (Å²) in [4.78, 5) is 18.4. The lowest BCUT2D eigenvalue weighted by molar-refractivity contribution is -0.184. The van der Waals surface area contributed by atoms with Crippen LogP contribution >= 0.6 is 0 Å². The molecule has 0 amide bonds. The highest BCUT2D eigenvalue weighted by Crippen LogP contribution is 2.05. The Balaban J connectivity index is 2.35. The molecule has 1 aliphatic heterocycles. The molecule has 0 bridgehead atoms. The number of carbonyl (C=O) groups excluding carboxylic acids is 1. The predicted octanol–water partition coefficient (Wildman–Crippen LogP) is 0.0719. The van der Waals surface area contributed by atoms with Crippen molar-refractivity contribution in [2.24, 2.45) is 0 Å². The molecule has 0 saturated carbocycles. The van der Waals surface area contributed by atoms with Gasteiger partial charge in [-0.25, -0.2) is 0 Å². The van der Waals surface area contributed by atoms with Gasteiger partial charge in [0.25, 0.3) is 0 Å². The van der Waals surface area contributed by atoms with Gasteiger partial charge in [-0.1, -0.05) is 0 Å². The number of hydrogen-bond acceptors (Lipinski definition) is 3. The quantitative estimate of drug-likeness (QED) is 0.358. The average molecular weight is 115 g/mol. The maximum atomic E-state index is 9.89. The first kappa shape index (κ1) is 5.59.